The average Bonchev–Trinajstić information content (AvgIpc) is 1.64. The second-order valence-corrected chi connectivity index (χ2v) is 2.51. The minimum atomic E-state index is -0.0787. The van der Waals surface area contributed by atoms with Crippen LogP contribution in [0.2, 0.25) is 0 Å². The standard InChI is InChI=1S/C5H5NOS2/c1-3(7)4(6-2)5(8)9/h7H,1H3,(H,8,9)/b4-3+. The number of aliphatic hydroxyl groups excluding tert-OH is 1. The first kappa shape index (κ1) is 8.47. The highest BCUT2D eigenvalue weighted by Gasteiger charge is 2.02. The van der Waals surface area contributed by atoms with Gasteiger partial charge in [-0.2, -0.15) is 0 Å². The molecule has 0 aliphatic rings. The summed E-state index contributed by atoms with van der Waals surface area (Å²) in [7, 11) is 0. The fourth-order valence-electron chi connectivity index (χ4n) is 0.283. The van der Waals surface area contributed by atoms with E-state index in [2.05, 4.69) is 29.7 Å². The molecule has 0 unspecified atom stereocenters. The van der Waals surface area contributed by atoms with Crippen LogP contribution >= 0.6 is 24.8 Å². The molecule has 1 N–H and O–H groups in total. The molecular formula is C5H5NOS2. The van der Waals surface area contributed by atoms with Crippen molar-refractivity contribution >= 4 is 29.0 Å². The van der Waals surface area contributed by atoms with Gasteiger partial charge in [-0.05, 0) is 6.92 Å². The van der Waals surface area contributed by atoms with Gasteiger partial charge in [0.25, 0.3) is 0 Å². The SMILES string of the molecule is [C-]#[N+]/C(C(=S)S)=C(\C)O. The molecule has 0 bridgehead atoms. The third-order valence-corrected chi connectivity index (χ3v) is 1.06. The lowest BCUT2D eigenvalue weighted by atomic mass is 10.4. The van der Waals surface area contributed by atoms with E-state index in [1.54, 1.807) is 0 Å². The Morgan fingerprint density at radius 1 is 1.78 bits per heavy atom. The zero-order valence-electron chi connectivity index (χ0n) is 4.75. The van der Waals surface area contributed by atoms with Crippen LogP contribution in [0.5, 0.6) is 0 Å². The van der Waals surface area contributed by atoms with E-state index < -0.39 is 0 Å². The number of allylic oxidation sites excluding steroid dienone is 1. The van der Waals surface area contributed by atoms with Crippen LogP contribution in [0.3, 0.4) is 0 Å². The monoisotopic (exact) mass is 159 g/mol. The minimum Gasteiger partial charge on any atom is -0.524 e. The molecule has 9 heavy (non-hydrogen) atoms. The van der Waals surface area contributed by atoms with Crippen molar-refractivity contribution in [2.24, 2.45) is 0 Å². The van der Waals surface area contributed by atoms with E-state index in [0.29, 0.717) is 0 Å². The fourth-order valence-corrected chi connectivity index (χ4v) is 0.689. The first-order chi connectivity index (χ1) is 4.09. The highest BCUT2D eigenvalue weighted by Crippen LogP contribution is 2.07. The Labute approximate surface area is 64.4 Å². The Bertz CT molecular complexity index is 197. The summed E-state index contributed by atoms with van der Waals surface area (Å²) in [5.74, 6) is -0.0787. The van der Waals surface area contributed by atoms with Crippen molar-refractivity contribution in [2.75, 3.05) is 0 Å². The minimum absolute atomic E-state index is 0.0494. The van der Waals surface area contributed by atoms with Crippen molar-refractivity contribution in [3.8, 4) is 0 Å². The van der Waals surface area contributed by atoms with Crippen molar-refractivity contribution in [2.45, 2.75) is 6.92 Å². The van der Waals surface area contributed by atoms with Gasteiger partial charge in [-0.15, -0.1) is 12.6 Å². The van der Waals surface area contributed by atoms with E-state index in [1.165, 1.54) is 6.92 Å². The number of hydrogen-bond donors (Lipinski definition) is 2. The van der Waals surface area contributed by atoms with E-state index in [0.717, 1.165) is 0 Å². The predicted octanol–water partition coefficient (Wildman–Crippen LogP) is 1.95. The molecule has 0 amide bonds. The van der Waals surface area contributed by atoms with Crippen LogP contribution in [-0.4, -0.2) is 9.30 Å². The molecule has 0 heterocycles. The number of aliphatic hydroxyl groups is 1. The molecular weight excluding hydrogens is 154 g/mol. The predicted molar refractivity (Wildman–Crippen MR) is 43.5 cm³/mol. The van der Waals surface area contributed by atoms with Crippen molar-refractivity contribution in [3.63, 3.8) is 0 Å². The maximum atomic E-state index is 8.71. The summed E-state index contributed by atoms with van der Waals surface area (Å²) in [6.45, 7) is 7.89. The van der Waals surface area contributed by atoms with Gasteiger partial charge in [0.05, 0.1) is 16.5 Å². The van der Waals surface area contributed by atoms with Crippen LogP contribution in [0.25, 0.3) is 4.85 Å². The van der Waals surface area contributed by atoms with Crippen molar-refractivity contribution in [1.29, 1.82) is 0 Å². The molecule has 4 heteroatoms. The lowest BCUT2D eigenvalue weighted by molar-refractivity contribution is 0.412. The third kappa shape index (κ3) is 2.49. The largest absolute Gasteiger partial charge is 0.524 e. The molecule has 0 radical (unpaired) electrons. The molecule has 0 aromatic heterocycles. The Kier molecular flexibility index (Phi) is 3.28. The third-order valence-electron chi connectivity index (χ3n) is 0.657. The van der Waals surface area contributed by atoms with Crippen LogP contribution in [0.15, 0.2) is 11.5 Å². The maximum absolute atomic E-state index is 8.71. The lowest BCUT2D eigenvalue weighted by Crippen LogP contribution is -1.88. The summed E-state index contributed by atoms with van der Waals surface area (Å²) in [5.41, 5.74) is 0.0494. The van der Waals surface area contributed by atoms with Crippen LogP contribution in [-0.2, 0) is 0 Å². The van der Waals surface area contributed by atoms with E-state index in [9.17, 15) is 0 Å². The molecule has 0 saturated heterocycles. The Morgan fingerprint density at radius 3 is 2.22 bits per heavy atom. The second-order valence-electron chi connectivity index (χ2n) is 1.35. The van der Waals surface area contributed by atoms with Crippen LogP contribution in [0.1, 0.15) is 6.92 Å². The smallest absolute Gasteiger partial charge is 0.247 e. The van der Waals surface area contributed by atoms with Gasteiger partial charge in [0.2, 0.25) is 5.70 Å². The number of rotatable bonds is 1. The van der Waals surface area contributed by atoms with E-state index >= 15 is 0 Å². The molecule has 0 saturated carbocycles. The number of nitrogens with zero attached hydrogens (tertiary/aromatic N) is 1. The van der Waals surface area contributed by atoms with Gasteiger partial charge >= 0.3 is 0 Å². The van der Waals surface area contributed by atoms with Crippen LogP contribution < -0.4 is 0 Å². The number of hydrogen-bond acceptors (Lipinski definition) is 2. The maximum Gasteiger partial charge on any atom is 0.247 e. The Balaban J connectivity index is 4.62. The molecule has 0 rings (SSSR count). The van der Waals surface area contributed by atoms with E-state index in [-0.39, 0.29) is 15.7 Å². The van der Waals surface area contributed by atoms with Gasteiger partial charge in [0.15, 0.2) is 0 Å². The lowest BCUT2D eigenvalue weighted by Gasteiger charge is -1.92. The highest BCUT2D eigenvalue weighted by atomic mass is 32.1. The molecule has 48 valence electrons. The zero-order chi connectivity index (χ0) is 7.44. The summed E-state index contributed by atoms with van der Waals surface area (Å²) in [6.07, 6.45) is 0. The van der Waals surface area contributed by atoms with E-state index in [4.69, 9.17) is 11.7 Å². The molecule has 0 fully saturated rings. The first-order valence-electron chi connectivity index (χ1n) is 2.10. The Hall–Kier alpha value is -0.530. The summed E-state index contributed by atoms with van der Waals surface area (Å²) >= 11 is 8.24. The topological polar surface area (TPSA) is 24.6 Å². The van der Waals surface area contributed by atoms with E-state index in [1.807, 2.05) is 0 Å². The molecule has 0 aromatic carbocycles. The number of thiocarbonyl (C=S) groups is 1. The van der Waals surface area contributed by atoms with Gasteiger partial charge in [0.1, 0.15) is 0 Å². The summed E-state index contributed by atoms with van der Waals surface area (Å²) < 4.78 is 0.130. The molecule has 0 aliphatic carbocycles. The molecule has 0 aliphatic heterocycles. The molecule has 2 nitrogen and oxygen atoms in total. The Morgan fingerprint density at radius 2 is 2.22 bits per heavy atom. The van der Waals surface area contributed by atoms with Crippen molar-refractivity contribution in [1.82, 2.24) is 0 Å². The van der Waals surface area contributed by atoms with Crippen LogP contribution in [0, 0.1) is 6.57 Å². The van der Waals surface area contributed by atoms with Crippen molar-refractivity contribution in [3.05, 3.63) is 22.9 Å². The summed E-state index contributed by atoms with van der Waals surface area (Å²) in [6, 6.07) is 0. The zero-order valence-corrected chi connectivity index (χ0v) is 6.46. The van der Waals surface area contributed by atoms with Gasteiger partial charge in [-0.25, -0.2) is 4.85 Å². The normalized spacial score (nSPS) is 11.7. The summed E-state index contributed by atoms with van der Waals surface area (Å²) in [5, 5.41) is 8.71. The summed E-state index contributed by atoms with van der Waals surface area (Å²) in [4.78, 5) is 2.95. The molecule has 0 spiro atoms. The first-order valence-corrected chi connectivity index (χ1v) is 2.95. The van der Waals surface area contributed by atoms with Gasteiger partial charge in [-0.3, -0.25) is 0 Å². The highest BCUT2D eigenvalue weighted by molar-refractivity contribution is 8.11. The van der Waals surface area contributed by atoms with Gasteiger partial charge in [-0.1, -0.05) is 12.2 Å². The van der Waals surface area contributed by atoms with Gasteiger partial charge < -0.3 is 5.11 Å². The molecule has 0 aromatic rings. The number of thiol groups is 1. The quantitative estimate of drug-likeness (QED) is 0.201. The second kappa shape index (κ2) is 3.49. The van der Waals surface area contributed by atoms with Crippen molar-refractivity contribution < 1.29 is 5.11 Å². The fraction of sp³-hybridized carbons (Fsp3) is 0.200. The molecule has 0 atom stereocenters. The average molecular weight is 159 g/mol. The van der Waals surface area contributed by atoms with Crippen LogP contribution in [0.4, 0.5) is 0 Å². The van der Waals surface area contributed by atoms with Gasteiger partial charge in [0, 0.05) is 0 Å².